The number of carbonyl (C=O) groups excluding carboxylic acids is 1. The Bertz CT molecular complexity index is 946. The number of hydrogen-bond acceptors (Lipinski definition) is 4. The molecular formula is C22H26N2O4S. The quantitative estimate of drug-likeness (QED) is 0.728. The minimum absolute atomic E-state index is 0.0718. The Balaban J connectivity index is 1.58. The number of piperazine rings is 1. The van der Waals surface area contributed by atoms with Crippen LogP contribution in [0, 0.1) is 0 Å². The maximum atomic E-state index is 12.7. The fourth-order valence-corrected chi connectivity index (χ4v) is 4.26. The van der Waals surface area contributed by atoms with Gasteiger partial charge < -0.3 is 9.64 Å². The summed E-state index contributed by atoms with van der Waals surface area (Å²) >= 11 is 0. The highest BCUT2D eigenvalue weighted by Crippen LogP contribution is 2.17. The topological polar surface area (TPSA) is 66.9 Å². The molecule has 154 valence electrons. The SMILES string of the molecule is CC(C)Oc1ccc(C(=O)N2CCN(S(=O)(=O)/C=C/c3ccccc3)CC2)cc1. The van der Waals surface area contributed by atoms with Gasteiger partial charge in [-0.15, -0.1) is 0 Å². The lowest BCUT2D eigenvalue weighted by Crippen LogP contribution is -2.50. The number of ether oxygens (including phenoxy) is 1. The normalized spacial score (nSPS) is 15.8. The van der Waals surface area contributed by atoms with Crippen LogP contribution in [0.3, 0.4) is 0 Å². The first-order valence-corrected chi connectivity index (χ1v) is 11.1. The van der Waals surface area contributed by atoms with E-state index in [0.29, 0.717) is 18.7 Å². The van der Waals surface area contributed by atoms with E-state index in [9.17, 15) is 13.2 Å². The lowest BCUT2D eigenvalue weighted by molar-refractivity contribution is 0.0698. The Morgan fingerprint density at radius 2 is 1.59 bits per heavy atom. The highest BCUT2D eigenvalue weighted by atomic mass is 32.2. The van der Waals surface area contributed by atoms with Gasteiger partial charge in [0.25, 0.3) is 5.91 Å². The number of rotatable bonds is 6. The Morgan fingerprint density at radius 3 is 2.17 bits per heavy atom. The summed E-state index contributed by atoms with van der Waals surface area (Å²) < 4.78 is 32.1. The maximum Gasteiger partial charge on any atom is 0.253 e. The van der Waals surface area contributed by atoms with Gasteiger partial charge in [0.05, 0.1) is 6.10 Å². The van der Waals surface area contributed by atoms with Crippen molar-refractivity contribution in [3.8, 4) is 5.75 Å². The zero-order chi connectivity index (χ0) is 20.9. The van der Waals surface area contributed by atoms with Crippen molar-refractivity contribution in [1.29, 1.82) is 0 Å². The van der Waals surface area contributed by atoms with Crippen LogP contribution in [-0.2, 0) is 10.0 Å². The first kappa shape index (κ1) is 21.1. The van der Waals surface area contributed by atoms with E-state index in [2.05, 4.69) is 0 Å². The molecule has 0 atom stereocenters. The van der Waals surface area contributed by atoms with Crippen LogP contribution in [0.2, 0.25) is 0 Å². The van der Waals surface area contributed by atoms with Crippen LogP contribution < -0.4 is 4.74 Å². The van der Waals surface area contributed by atoms with E-state index in [1.807, 2.05) is 44.2 Å². The smallest absolute Gasteiger partial charge is 0.253 e. The summed E-state index contributed by atoms with van der Waals surface area (Å²) in [6, 6.07) is 16.3. The second-order valence-electron chi connectivity index (χ2n) is 7.14. The van der Waals surface area contributed by atoms with E-state index in [4.69, 9.17) is 4.74 Å². The summed E-state index contributed by atoms with van der Waals surface area (Å²) in [5, 5.41) is 1.23. The van der Waals surface area contributed by atoms with Gasteiger partial charge in [-0.25, -0.2) is 8.42 Å². The zero-order valence-corrected chi connectivity index (χ0v) is 17.5. The van der Waals surface area contributed by atoms with Crippen molar-refractivity contribution in [2.45, 2.75) is 20.0 Å². The van der Waals surface area contributed by atoms with Gasteiger partial charge in [-0.3, -0.25) is 4.79 Å². The van der Waals surface area contributed by atoms with Crippen molar-refractivity contribution in [2.24, 2.45) is 0 Å². The van der Waals surface area contributed by atoms with Gasteiger partial charge >= 0.3 is 0 Å². The number of nitrogens with zero attached hydrogens (tertiary/aromatic N) is 2. The molecule has 0 saturated carbocycles. The van der Waals surface area contributed by atoms with Gasteiger partial charge in [0, 0.05) is 37.2 Å². The highest BCUT2D eigenvalue weighted by Gasteiger charge is 2.27. The predicted octanol–water partition coefficient (Wildman–Crippen LogP) is 3.23. The molecule has 29 heavy (non-hydrogen) atoms. The van der Waals surface area contributed by atoms with Crippen molar-refractivity contribution in [1.82, 2.24) is 9.21 Å². The van der Waals surface area contributed by atoms with Crippen LogP contribution in [0.5, 0.6) is 5.75 Å². The lowest BCUT2D eigenvalue weighted by Gasteiger charge is -2.33. The summed E-state index contributed by atoms with van der Waals surface area (Å²) in [6.45, 7) is 5.18. The van der Waals surface area contributed by atoms with E-state index >= 15 is 0 Å². The van der Waals surface area contributed by atoms with Gasteiger partial charge in [0.2, 0.25) is 10.0 Å². The molecule has 1 saturated heterocycles. The standard InChI is InChI=1S/C22H26N2O4S/c1-18(2)28-21-10-8-20(9-11-21)22(25)23-13-15-24(16-14-23)29(26,27)17-12-19-6-4-3-5-7-19/h3-12,17-18H,13-16H2,1-2H3/b17-12+. The Labute approximate surface area is 172 Å². The van der Waals surface area contributed by atoms with Crippen LogP contribution >= 0.6 is 0 Å². The molecule has 1 fully saturated rings. The molecule has 0 N–H and O–H groups in total. The van der Waals surface area contributed by atoms with Crippen LogP contribution in [0.15, 0.2) is 60.0 Å². The van der Waals surface area contributed by atoms with E-state index in [-0.39, 0.29) is 25.1 Å². The molecule has 2 aromatic carbocycles. The number of carbonyl (C=O) groups is 1. The molecule has 0 radical (unpaired) electrons. The maximum absolute atomic E-state index is 12.7. The van der Waals surface area contributed by atoms with Crippen LogP contribution in [0.4, 0.5) is 0 Å². The monoisotopic (exact) mass is 414 g/mol. The third-order valence-corrected chi connectivity index (χ3v) is 6.16. The molecule has 0 unspecified atom stereocenters. The summed E-state index contributed by atoms with van der Waals surface area (Å²) in [5.74, 6) is 0.621. The molecular weight excluding hydrogens is 388 g/mol. The number of benzene rings is 2. The fraction of sp³-hybridized carbons (Fsp3) is 0.318. The van der Waals surface area contributed by atoms with E-state index in [1.165, 1.54) is 9.71 Å². The van der Waals surface area contributed by atoms with Crippen molar-refractivity contribution >= 4 is 22.0 Å². The molecule has 1 aliphatic heterocycles. The van der Waals surface area contributed by atoms with Gasteiger partial charge in [-0.1, -0.05) is 30.3 Å². The molecule has 0 aromatic heterocycles. The fourth-order valence-electron chi connectivity index (χ4n) is 3.09. The summed E-state index contributed by atoms with van der Waals surface area (Å²) in [5.41, 5.74) is 1.40. The van der Waals surface area contributed by atoms with Crippen LogP contribution in [-0.4, -0.2) is 55.8 Å². The van der Waals surface area contributed by atoms with Gasteiger partial charge in [-0.05, 0) is 49.8 Å². The molecule has 0 aliphatic carbocycles. The second-order valence-corrected chi connectivity index (χ2v) is 8.96. The number of sulfonamides is 1. The molecule has 6 nitrogen and oxygen atoms in total. The molecule has 1 amide bonds. The van der Waals surface area contributed by atoms with Crippen LogP contribution in [0.1, 0.15) is 29.8 Å². The summed E-state index contributed by atoms with van der Waals surface area (Å²) in [4.78, 5) is 14.4. The molecule has 7 heteroatoms. The Hall–Kier alpha value is -2.64. The van der Waals surface area contributed by atoms with Crippen molar-refractivity contribution in [3.63, 3.8) is 0 Å². The minimum Gasteiger partial charge on any atom is -0.491 e. The minimum atomic E-state index is -3.51. The first-order chi connectivity index (χ1) is 13.8. The van der Waals surface area contributed by atoms with Gasteiger partial charge in [0.15, 0.2) is 0 Å². The van der Waals surface area contributed by atoms with E-state index < -0.39 is 10.0 Å². The Morgan fingerprint density at radius 1 is 0.966 bits per heavy atom. The van der Waals surface area contributed by atoms with Crippen molar-refractivity contribution in [2.75, 3.05) is 26.2 Å². The summed E-state index contributed by atoms with van der Waals surface area (Å²) in [6.07, 6.45) is 1.66. The molecule has 0 spiro atoms. The largest absolute Gasteiger partial charge is 0.491 e. The van der Waals surface area contributed by atoms with E-state index in [1.54, 1.807) is 35.2 Å². The third kappa shape index (κ3) is 5.68. The third-order valence-electron chi connectivity index (χ3n) is 4.59. The average Bonchev–Trinajstić information content (AvgIpc) is 2.73. The molecule has 3 rings (SSSR count). The van der Waals surface area contributed by atoms with E-state index in [0.717, 1.165) is 11.3 Å². The van der Waals surface area contributed by atoms with Gasteiger partial charge in [0.1, 0.15) is 5.75 Å². The average molecular weight is 415 g/mol. The molecule has 2 aromatic rings. The Kier molecular flexibility index (Phi) is 6.71. The first-order valence-electron chi connectivity index (χ1n) is 9.64. The lowest BCUT2D eigenvalue weighted by atomic mass is 10.2. The molecule has 0 bridgehead atoms. The second kappa shape index (κ2) is 9.24. The highest BCUT2D eigenvalue weighted by molar-refractivity contribution is 7.92. The van der Waals surface area contributed by atoms with Crippen molar-refractivity contribution in [3.05, 3.63) is 71.1 Å². The van der Waals surface area contributed by atoms with Gasteiger partial charge in [-0.2, -0.15) is 4.31 Å². The predicted molar refractivity (Wildman–Crippen MR) is 114 cm³/mol. The van der Waals surface area contributed by atoms with Crippen LogP contribution in [0.25, 0.3) is 6.08 Å². The molecule has 1 heterocycles. The number of hydrogen-bond donors (Lipinski definition) is 0. The molecule has 1 aliphatic rings. The van der Waals surface area contributed by atoms with Crippen molar-refractivity contribution < 1.29 is 17.9 Å². The summed E-state index contributed by atoms with van der Waals surface area (Å²) in [7, 11) is -3.51. The number of amides is 1. The zero-order valence-electron chi connectivity index (χ0n) is 16.7.